The van der Waals surface area contributed by atoms with Crippen LogP contribution in [0.4, 0.5) is 5.69 Å². The van der Waals surface area contributed by atoms with Crippen LogP contribution in [0.5, 0.6) is 0 Å². The van der Waals surface area contributed by atoms with Gasteiger partial charge in [0, 0.05) is 6.04 Å². The Bertz CT molecular complexity index is 429. The molecule has 1 rings (SSSR count). The number of pyridine rings is 1. The van der Waals surface area contributed by atoms with Gasteiger partial charge in [-0.05, 0) is 18.1 Å². The Balaban J connectivity index is 2.72. The number of carboxylic acid groups (broad SMARTS) is 1. The van der Waals surface area contributed by atoms with Crippen molar-refractivity contribution in [1.29, 1.82) is 0 Å². The van der Waals surface area contributed by atoms with Crippen LogP contribution in [0.15, 0.2) is 18.3 Å². The van der Waals surface area contributed by atoms with Crippen LogP contribution in [0, 0.1) is 5.92 Å². The number of hydrogen-bond acceptors (Lipinski definition) is 4. The lowest BCUT2D eigenvalue weighted by Crippen LogP contribution is -2.40. The van der Waals surface area contributed by atoms with Crippen molar-refractivity contribution in [3.8, 4) is 0 Å². The number of nitrogens with two attached hydrogens (primary N) is 1. The van der Waals surface area contributed by atoms with Crippen molar-refractivity contribution in [2.24, 2.45) is 5.92 Å². The highest BCUT2D eigenvalue weighted by Gasteiger charge is 2.20. The Morgan fingerprint density at radius 3 is 2.56 bits per heavy atom. The highest BCUT2D eigenvalue weighted by molar-refractivity contribution is 5.92. The molecule has 0 bridgehead atoms. The molecule has 0 saturated carbocycles. The van der Waals surface area contributed by atoms with E-state index in [-0.39, 0.29) is 18.0 Å². The number of nitrogen functional groups attached to an aromatic ring is 1. The standard InChI is InChI=1S/C12H17N3O3/c1-7(2)10(5-11(16)17)15-12(18)9-4-3-8(13)6-14-9/h3-4,6-7,10H,5,13H2,1-2H3,(H,15,18)(H,16,17). The first-order valence-corrected chi connectivity index (χ1v) is 5.64. The largest absolute Gasteiger partial charge is 0.481 e. The van der Waals surface area contributed by atoms with Crippen molar-refractivity contribution in [2.45, 2.75) is 26.3 Å². The summed E-state index contributed by atoms with van der Waals surface area (Å²) in [5, 5.41) is 11.4. The first-order valence-electron chi connectivity index (χ1n) is 5.64. The average molecular weight is 251 g/mol. The highest BCUT2D eigenvalue weighted by Crippen LogP contribution is 2.08. The Hall–Kier alpha value is -2.11. The number of nitrogens with one attached hydrogen (secondary N) is 1. The fraction of sp³-hybridized carbons (Fsp3) is 0.417. The zero-order valence-corrected chi connectivity index (χ0v) is 10.4. The molecule has 0 aliphatic rings. The minimum atomic E-state index is -0.945. The summed E-state index contributed by atoms with van der Waals surface area (Å²) in [4.78, 5) is 26.4. The van der Waals surface area contributed by atoms with E-state index < -0.39 is 17.9 Å². The Labute approximate surface area is 105 Å². The first-order chi connectivity index (χ1) is 8.40. The number of rotatable bonds is 5. The molecule has 1 amide bonds. The topological polar surface area (TPSA) is 105 Å². The van der Waals surface area contributed by atoms with Crippen LogP contribution >= 0.6 is 0 Å². The van der Waals surface area contributed by atoms with Gasteiger partial charge in [0.15, 0.2) is 0 Å². The number of aromatic nitrogens is 1. The maximum atomic E-state index is 11.8. The molecule has 6 nitrogen and oxygen atoms in total. The lowest BCUT2D eigenvalue weighted by Gasteiger charge is -2.20. The Morgan fingerprint density at radius 2 is 2.11 bits per heavy atom. The fourth-order valence-corrected chi connectivity index (χ4v) is 1.42. The predicted molar refractivity (Wildman–Crippen MR) is 67.0 cm³/mol. The molecule has 0 radical (unpaired) electrons. The van der Waals surface area contributed by atoms with Crippen molar-refractivity contribution >= 4 is 17.6 Å². The van der Waals surface area contributed by atoms with Crippen LogP contribution in [-0.2, 0) is 4.79 Å². The second-order valence-electron chi connectivity index (χ2n) is 4.40. The van der Waals surface area contributed by atoms with E-state index in [0.717, 1.165) is 0 Å². The highest BCUT2D eigenvalue weighted by atomic mass is 16.4. The van der Waals surface area contributed by atoms with E-state index in [4.69, 9.17) is 10.8 Å². The molecule has 0 fully saturated rings. The van der Waals surface area contributed by atoms with Crippen molar-refractivity contribution in [3.63, 3.8) is 0 Å². The minimum absolute atomic E-state index is 0.0267. The van der Waals surface area contributed by atoms with Gasteiger partial charge in [-0.1, -0.05) is 13.8 Å². The fourth-order valence-electron chi connectivity index (χ4n) is 1.42. The molecule has 1 atom stereocenters. The summed E-state index contributed by atoms with van der Waals surface area (Å²) >= 11 is 0. The number of aliphatic carboxylic acids is 1. The van der Waals surface area contributed by atoms with E-state index in [0.29, 0.717) is 5.69 Å². The van der Waals surface area contributed by atoms with Crippen molar-refractivity contribution in [3.05, 3.63) is 24.0 Å². The van der Waals surface area contributed by atoms with E-state index >= 15 is 0 Å². The molecule has 0 spiro atoms. The molecule has 18 heavy (non-hydrogen) atoms. The quantitative estimate of drug-likeness (QED) is 0.720. The smallest absolute Gasteiger partial charge is 0.305 e. The third-order valence-corrected chi connectivity index (χ3v) is 2.53. The van der Waals surface area contributed by atoms with Gasteiger partial charge in [0.05, 0.1) is 18.3 Å². The molecule has 0 saturated heterocycles. The predicted octanol–water partition coefficient (Wildman–Crippen LogP) is 0.893. The maximum Gasteiger partial charge on any atom is 0.305 e. The molecule has 4 N–H and O–H groups in total. The summed E-state index contributed by atoms with van der Waals surface area (Å²) in [6.45, 7) is 3.70. The SMILES string of the molecule is CC(C)C(CC(=O)O)NC(=O)c1ccc(N)cn1. The molecule has 0 aliphatic carbocycles. The van der Waals surface area contributed by atoms with Gasteiger partial charge in [-0.2, -0.15) is 0 Å². The van der Waals surface area contributed by atoms with Gasteiger partial charge in [-0.15, -0.1) is 0 Å². The monoisotopic (exact) mass is 251 g/mol. The van der Waals surface area contributed by atoms with E-state index in [1.54, 1.807) is 6.07 Å². The molecule has 1 aromatic rings. The van der Waals surface area contributed by atoms with Crippen LogP contribution in [0.25, 0.3) is 0 Å². The number of carbonyl (C=O) groups is 2. The molecule has 0 aliphatic heterocycles. The Morgan fingerprint density at radius 1 is 1.44 bits per heavy atom. The number of hydrogen-bond donors (Lipinski definition) is 3. The van der Waals surface area contributed by atoms with Crippen LogP contribution in [0.1, 0.15) is 30.8 Å². The van der Waals surface area contributed by atoms with Gasteiger partial charge in [0.1, 0.15) is 5.69 Å². The van der Waals surface area contributed by atoms with Gasteiger partial charge < -0.3 is 16.2 Å². The summed E-state index contributed by atoms with van der Waals surface area (Å²) in [5.74, 6) is -1.31. The summed E-state index contributed by atoms with van der Waals surface area (Å²) < 4.78 is 0. The van der Waals surface area contributed by atoms with Crippen molar-refractivity contribution in [2.75, 3.05) is 5.73 Å². The molecule has 6 heteroatoms. The summed E-state index contributed by atoms with van der Waals surface area (Å²) in [6.07, 6.45) is 1.27. The van der Waals surface area contributed by atoms with Crippen LogP contribution < -0.4 is 11.1 Å². The van der Waals surface area contributed by atoms with Crippen LogP contribution in [0.3, 0.4) is 0 Å². The number of amides is 1. The molecule has 1 aromatic heterocycles. The van der Waals surface area contributed by atoms with E-state index in [2.05, 4.69) is 10.3 Å². The molecule has 0 aromatic carbocycles. The number of nitrogens with zero attached hydrogens (tertiary/aromatic N) is 1. The summed E-state index contributed by atoms with van der Waals surface area (Å²) in [5.41, 5.74) is 6.16. The van der Waals surface area contributed by atoms with E-state index in [9.17, 15) is 9.59 Å². The average Bonchev–Trinajstić information content (AvgIpc) is 2.28. The second kappa shape index (κ2) is 6.00. The van der Waals surface area contributed by atoms with Crippen LogP contribution in [0.2, 0.25) is 0 Å². The molecular weight excluding hydrogens is 234 g/mol. The number of anilines is 1. The van der Waals surface area contributed by atoms with Gasteiger partial charge in [0.2, 0.25) is 0 Å². The first kappa shape index (κ1) is 14.0. The molecule has 1 unspecified atom stereocenters. The maximum absolute atomic E-state index is 11.8. The van der Waals surface area contributed by atoms with Crippen LogP contribution in [-0.4, -0.2) is 28.0 Å². The molecule has 98 valence electrons. The minimum Gasteiger partial charge on any atom is -0.481 e. The molecule has 1 heterocycles. The third kappa shape index (κ3) is 4.04. The lowest BCUT2D eigenvalue weighted by atomic mass is 10.0. The summed E-state index contributed by atoms with van der Waals surface area (Å²) in [7, 11) is 0. The van der Waals surface area contributed by atoms with Gasteiger partial charge in [-0.3, -0.25) is 9.59 Å². The van der Waals surface area contributed by atoms with Gasteiger partial charge >= 0.3 is 5.97 Å². The third-order valence-electron chi connectivity index (χ3n) is 2.53. The van der Waals surface area contributed by atoms with E-state index in [1.165, 1.54) is 12.3 Å². The normalized spacial score (nSPS) is 12.2. The van der Waals surface area contributed by atoms with Gasteiger partial charge in [-0.25, -0.2) is 4.98 Å². The Kier molecular flexibility index (Phi) is 4.65. The zero-order chi connectivity index (χ0) is 13.7. The zero-order valence-electron chi connectivity index (χ0n) is 10.4. The number of carbonyl (C=O) groups excluding carboxylic acids is 1. The number of carboxylic acids is 1. The van der Waals surface area contributed by atoms with Gasteiger partial charge in [0.25, 0.3) is 5.91 Å². The van der Waals surface area contributed by atoms with E-state index in [1.807, 2.05) is 13.8 Å². The summed E-state index contributed by atoms with van der Waals surface area (Å²) in [6, 6.07) is 2.65. The lowest BCUT2D eigenvalue weighted by molar-refractivity contribution is -0.137. The van der Waals surface area contributed by atoms with Crippen molar-refractivity contribution in [1.82, 2.24) is 10.3 Å². The van der Waals surface area contributed by atoms with Crippen molar-refractivity contribution < 1.29 is 14.7 Å². The molecular formula is C12H17N3O3. The second-order valence-corrected chi connectivity index (χ2v) is 4.40.